The standard InChI is InChI=1S/C30H36BrN3O4S/c1-22(2)19-32-30(36)28(18-24-12-6-5-7-13-24)33(20-25-14-10-11-23(3)17-25)29(35)21-34(39(4,37)38)27-16-9-8-15-26(27)31/h5-17,22,28H,18-21H2,1-4H3,(H,32,36)/t28-/m1/s1. The first-order chi connectivity index (χ1) is 18.5. The van der Waals surface area contributed by atoms with Crippen molar-refractivity contribution in [2.45, 2.75) is 39.8 Å². The number of aryl methyl sites for hydroxylation is 1. The summed E-state index contributed by atoms with van der Waals surface area (Å²) in [6.45, 7) is 6.14. The fourth-order valence-corrected chi connectivity index (χ4v) is 5.71. The molecule has 3 aromatic carbocycles. The van der Waals surface area contributed by atoms with Crippen molar-refractivity contribution in [1.29, 1.82) is 0 Å². The molecule has 0 spiro atoms. The van der Waals surface area contributed by atoms with Crippen molar-refractivity contribution >= 4 is 43.5 Å². The Morgan fingerprint density at radius 1 is 0.923 bits per heavy atom. The predicted octanol–water partition coefficient (Wildman–Crippen LogP) is 4.94. The van der Waals surface area contributed by atoms with E-state index in [9.17, 15) is 18.0 Å². The number of benzene rings is 3. The Kier molecular flexibility index (Phi) is 10.7. The SMILES string of the molecule is Cc1cccc(CN(C(=O)CN(c2ccccc2Br)S(C)(=O)=O)[C@H](Cc2ccccc2)C(=O)NCC(C)C)c1. The van der Waals surface area contributed by atoms with Crippen LogP contribution in [-0.2, 0) is 32.6 Å². The number of nitrogens with one attached hydrogen (secondary N) is 1. The smallest absolute Gasteiger partial charge is 0.244 e. The molecule has 0 radical (unpaired) electrons. The Balaban J connectivity index is 2.05. The Morgan fingerprint density at radius 3 is 2.18 bits per heavy atom. The van der Waals surface area contributed by atoms with Gasteiger partial charge in [0.25, 0.3) is 0 Å². The van der Waals surface area contributed by atoms with E-state index in [0.717, 1.165) is 27.3 Å². The molecule has 7 nitrogen and oxygen atoms in total. The van der Waals surface area contributed by atoms with Crippen LogP contribution in [0.25, 0.3) is 0 Å². The lowest BCUT2D eigenvalue weighted by Gasteiger charge is -2.34. The number of carbonyl (C=O) groups is 2. The highest BCUT2D eigenvalue weighted by Gasteiger charge is 2.33. The summed E-state index contributed by atoms with van der Waals surface area (Å²) in [4.78, 5) is 29.2. The summed E-state index contributed by atoms with van der Waals surface area (Å²) in [5.41, 5.74) is 3.13. The minimum atomic E-state index is -3.82. The number of hydrogen-bond donors (Lipinski definition) is 1. The molecule has 0 aliphatic rings. The van der Waals surface area contributed by atoms with Crippen molar-refractivity contribution in [1.82, 2.24) is 10.2 Å². The molecule has 3 aromatic rings. The highest BCUT2D eigenvalue weighted by molar-refractivity contribution is 9.10. The second-order valence-corrected chi connectivity index (χ2v) is 12.8. The predicted molar refractivity (Wildman–Crippen MR) is 160 cm³/mol. The van der Waals surface area contributed by atoms with Gasteiger partial charge in [0.2, 0.25) is 21.8 Å². The van der Waals surface area contributed by atoms with E-state index in [1.54, 1.807) is 24.3 Å². The molecule has 0 saturated heterocycles. The molecule has 0 unspecified atom stereocenters. The lowest BCUT2D eigenvalue weighted by molar-refractivity contribution is -0.140. The average Bonchev–Trinajstić information content (AvgIpc) is 2.88. The fraction of sp³-hybridized carbons (Fsp3) is 0.333. The number of halogens is 1. The third-order valence-corrected chi connectivity index (χ3v) is 7.99. The van der Waals surface area contributed by atoms with E-state index in [0.29, 0.717) is 16.7 Å². The van der Waals surface area contributed by atoms with Gasteiger partial charge in [-0.3, -0.25) is 13.9 Å². The Labute approximate surface area is 240 Å². The van der Waals surface area contributed by atoms with Gasteiger partial charge in [-0.1, -0.05) is 86.1 Å². The van der Waals surface area contributed by atoms with Gasteiger partial charge in [-0.05, 0) is 52.0 Å². The van der Waals surface area contributed by atoms with Gasteiger partial charge in [0.1, 0.15) is 12.6 Å². The number of hydrogen-bond acceptors (Lipinski definition) is 4. The van der Waals surface area contributed by atoms with E-state index in [1.165, 1.54) is 4.90 Å². The molecule has 39 heavy (non-hydrogen) atoms. The molecule has 3 rings (SSSR count). The Morgan fingerprint density at radius 2 is 1.56 bits per heavy atom. The van der Waals surface area contributed by atoms with Crippen LogP contribution < -0.4 is 9.62 Å². The van der Waals surface area contributed by atoms with Gasteiger partial charge in [-0.15, -0.1) is 0 Å². The molecule has 0 aliphatic carbocycles. The van der Waals surface area contributed by atoms with Crippen molar-refractivity contribution in [2.24, 2.45) is 5.92 Å². The van der Waals surface area contributed by atoms with Crippen LogP contribution in [0, 0.1) is 12.8 Å². The normalized spacial score (nSPS) is 12.2. The quantitative estimate of drug-likeness (QED) is 0.314. The van der Waals surface area contributed by atoms with E-state index < -0.39 is 28.5 Å². The zero-order chi connectivity index (χ0) is 28.6. The first kappa shape index (κ1) is 30.4. The molecule has 0 saturated carbocycles. The minimum Gasteiger partial charge on any atom is -0.354 e. The van der Waals surface area contributed by atoms with E-state index in [1.807, 2.05) is 75.4 Å². The minimum absolute atomic E-state index is 0.153. The summed E-state index contributed by atoms with van der Waals surface area (Å²) in [5.74, 6) is -0.526. The Hall–Kier alpha value is -3.17. The van der Waals surface area contributed by atoms with Crippen LogP contribution >= 0.6 is 15.9 Å². The zero-order valence-corrected chi connectivity index (χ0v) is 25.2. The third-order valence-electron chi connectivity index (χ3n) is 6.19. The van der Waals surface area contributed by atoms with Gasteiger partial charge in [0.15, 0.2) is 0 Å². The molecule has 1 N–H and O–H groups in total. The number of nitrogens with zero attached hydrogens (tertiary/aromatic N) is 2. The van der Waals surface area contributed by atoms with E-state index >= 15 is 0 Å². The molecule has 2 amide bonds. The van der Waals surface area contributed by atoms with Crippen LogP contribution in [0.1, 0.15) is 30.5 Å². The fourth-order valence-electron chi connectivity index (χ4n) is 4.23. The molecule has 9 heteroatoms. The van der Waals surface area contributed by atoms with Crippen molar-refractivity contribution in [3.05, 3.63) is 100 Å². The number of carbonyl (C=O) groups excluding carboxylic acids is 2. The third kappa shape index (κ3) is 8.93. The molecule has 0 aromatic heterocycles. The van der Waals surface area contributed by atoms with Gasteiger partial charge >= 0.3 is 0 Å². The number of para-hydroxylation sites is 1. The number of rotatable bonds is 12. The van der Waals surface area contributed by atoms with Gasteiger partial charge in [-0.25, -0.2) is 8.42 Å². The van der Waals surface area contributed by atoms with Crippen molar-refractivity contribution in [3.63, 3.8) is 0 Å². The van der Waals surface area contributed by atoms with E-state index in [4.69, 9.17) is 0 Å². The van der Waals surface area contributed by atoms with Gasteiger partial charge in [0.05, 0.1) is 11.9 Å². The lowest BCUT2D eigenvalue weighted by Crippen LogP contribution is -2.53. The molecular weight excluding hydrogens is 578 g/mol. The second-order valence-electron chi connectivity index (χ2n) is 10.1. The van der Waals surface area contributed by atoms with Crippen LogP contribution in [0.3, 0.4) is 0 Å². The van der Waals surface area contributed by atoms with E-state index in [-0.39, 0.29) is 24.8 Å². The van der Waals surface area contributed by atoms with Crippen LogP contribution in [0.4, 0.5) is 5.69 Å². The maximum atomic E-state index is 14.1. The molecule has 0 bridgehead atoms. The molecule has 0 fully saturated rings. The van der Waals surface area contributed by atoms with Crippen LogP contribution in [-0.4, -0.2) is 50.5 Å². The summed E-state index contributed by atoms with van der Waals surface area (Å²) < 4.78 is 27.4. The molecule has 1 atom stereocenters. The molecule has 0 heterocycles. The maximum Gasteiger partial charge on any atom is 0.244 e. The summed E-state index contributed by atoms with van der Waals surface area (Å²) in [6, 6.07) is 23.3. The van der Waals surface area contributed by atoms with Crippen LogP contribution in [0.5, 0.6) is 0 Å². The first-order valence-corrected chi connectivity index (χ1v) is 15.5. The van der Waals surface area contributed by atoms with Crippen LogP contribution in [0.2, 0.25) is 0 Å². The summed E-state index contributed by atoms with van der Waals surface area (Å²) in [5, 5.41) is 2.99. The summed E-state index contributed by atoms with van der Waals surface area (Å²) >= 11 is 3.41. The lowest BCUT2D eigenvalue weighted by atomic mass is 10.0. The highest BCUT2D eigenvalue weighted by atomic mass is 79.9. The van der Waals surface area contributed by atoms with Crippen molar-refractivity contribution in [2.75, 3.05) is 23.7 Å². The van der Waals surface area contributed by atoms with E-state index in [2.05, 4.69) is 21.2 Å². The summed E-state index contributed by atoms with van der Waals surface area (Å²) in [6.07, 6.45) is 1.36. The number of anilines is 1. The Bertz CT molecular complexity index is 1380. The largest absolute Gasteiger partial charge is 0.354 e. The average molecular weight is 615 g/mol. The molecular formula is C30H36BrN3O4S. The summed E-state index contributed by atoms with van der Waals surface area (Å²) in [7, 11) is -3.82. The van der Waals surface area contributed by atoms with Crippen molar-refractivity contribution < 1.29 is 18.0 Å². The molecule has 0 aliphatic heterocycles. The second kappa shape index (κ2) is 13.8. The van der Waals surface area contributed by atoms with Gasteiger partial charge in [-0.2, -0.15) is 0 Å². The number of sulfonamides is 1. The monoisotopic (exact) mass is 613 g/mol. The first-order valence-electron chi connectivity index (χ1n) is 12.8. The highest BCUT2D eigenvalue weighted by Crippen LogP contribution is 2.28. The van der Waals surface area contributed by atoms with Crippen molar-refractivity contribution in [3.8, 4) is 0 Å². The maximum absolute atomic E-state index is 14.1. The number of amides is 2. The van der Waals surface area contributed by atoms with Crippen LogP contribution in [0.15, 0.2) is 83.3 Å². The molecule has 208 valence electrons. The van der Waals surface area contributed by atoms with Gasteiger partial charge < -0.3 is 10.2 Å². The topological polar surface area (TPSA) is 86.8 Å². The van der Waals surface area contributed by atoms with Gasteiger partial charge in [0, 0.05) is 24.0 Å². The zero-order valence-electron chi connectivity index (χ0n) is 22.8.